The number of ether oxygens (including phenoxy) is 1. The van der Waals surface area contributed by atoms with Gasteiger partial charge in [0.05, 0.1) is 5.54 Å². The Morgan fingerprint density at radius 1 is 0.573 bits per heavy atom. The van der Waals surface area contributed by atoms with Gasteiger partial charge in [0.1, 0.15) is 14.2 Å². The molecule has 2 N–H and O–H groups in total. The number of rotatable bonds is 16. The molecule has 0 spiro atoms. The molecule has 0 bridgehead atoms. The molecule has 8 aromatic carbocycles. The van der Waals surface area contributed by atoms with E-state index in [0.29, 0.717) is 56.3 Å². The van der Waals surface area contributed by atoms with Crippen molar-refractivity contribution >= 4 is 39.7 Å². The molecular formula is C100H155BN4NiO2PSi. The first-order valence-corrected chi connectivity index (χ1v) is 45.7. The second kappa shape index (κ2) is 61.6. The van der Waals surface area contributed by atoms with Crippen LogP contribution >= 0.6 is 7.14 Å². The minimum atomic E-state index is -0.631. The quantitative estimate of drug-likeness (QED) is 0.0438. The van der Waals surface area contributed by atoms with Crippen molar-refractivity contribution in [3.63, 3.8) is 0 Å². The van der Waals surface area contributed by atoms with Gasteiger partial charge < -0.3 is 38.5 Å². The van der Waals surface area contributed by atoms with E-state index in [1.807, 2.05) is 52.0 Å². The number of benzene rings is 8. The first-order chi connectivity index (χ1) is 51.4. The number of hydrogen-bond acceptors (Lipinski definition) is 5. The van der Waals surface area contributed by atoms with Crippen LogP contribution in [0.15, 0.2) is 248 Å². The van der Waals surface area contributed by atoms with Crippen molar-refractivity contribution in [3.8, 4) is 5.69 Å². The van der Waals surface area contributed by atoms with Gasteiger partial charge in [-0.2, -0.15) is 31.4 Å². The Kier molecular flexibility index (Phi) is 60.0. The largest absolute Gasteiger partial charge is 3.00 e. The molecule has 0 fully saturated rings. The maximum Gasteiger partial charge on any atom is 3.00 e. The molecule has 1 aliphatic rings. The summed E-state index contributed by atoms with van der Waals surface area (Å²) in [4.78, 5) is 6.84. The fourth-order valence-electron chi connectivity index (χ4n) is 10.3. The molecule has 2 heterocycles. The van der Waals surface area contributed by atoms with Crippen LogP contribution in [0.3, 0.4) is 0 Å². The Hall–Kier alpha value is -6.95. The molecule has 1 aromatic heterocycles. The average Bonchev–Trinajstić information content (AvgIpc) is 1.67. The van der Waals surface area contributed by atoms with E-state index in [1.54, 1.807) is 11.4 Å². The summed E-state index contributed by atoms with van der Waals surface area (Å²) in [5.74, 6) is 4.29. The molecule has 9 aromatic rings. The van der Waals surface area contributed by atoms with Crippen LogP contribution < -0.4 is 10.6 Å². The van der Waals surface area contributed by atoms with Crippen LogP contribution in [-0.4, -0.2) is 82.3 Å². The minimum Gasteiger partial charge on any atom is -0.475 e. The molecule has 10 heteroatoms. The van der Waals surface area contributed by atoms with Gasteiger partial charge in [-0.05, 0) is 171 Å². The number of anilines is 1. The molecule has 0 amide bonds. The smallest absolute Gasteiger partial charge is 0.475 e. The van der Waals surface area contributed by atoms with Crippen molar-refractivity contribution in [3.05, 3.63) is 325 Å². The summed E-state index contributed by atoms with van der Waals surface area (Å²) in [5.41, 5.74) is 17.2. The second-order valence-corrected chi connectivity index (χ2v) is 39.0. The van der Waals surface area contributed by atoms with Crippen molar-refractivity contribution in [1.82, 2.24) is 9.47 Å². The molecular weight excluding hydrogens is 1420 g/mol. The summed E-state index contributed by atoms with van der Waals surface area (Å²) >= 11 is 0. The van der Waals surface area contributed by atoms with Gasteiger partial charge in [0, 0.05) is 75.2 Å². The molecule has 0 aliphatic carbocycles. The molecule has 0 saturated heterocycles. The Morgan fingerprint density at radius 2 is 0.945 bits per heavy atom. The van der Waals surface area contributed by atoms with Crippen LogP contribution in [0.5, 0.6) is 0 Å². The Bertz CT molecular complexity index is 3670. The molecule has 1 aliphatic heterocycles. The van der Waals surface area contributed by atoms with Crippen molar-refractivity contribution < 1.29 is 26.3 Å². The topological polar surface area (TPSA) is 62.0 Å². The monoisotopic (exact) mass is 1570 g/mol. The zero-order valence-corrected chi connectivity index (χ0v) is 76.3. The maximum atomic E-state index is 7.88. The summed E-state index contributed by atoms with van der Waals surface area (Å²) in [5, 5.41) is 13.0. The van der Waals surface area contributed by atoms with Crippen LogP contribution in [0.2, 0.25) is 25.7 Å². The first-order valence-electron chi connectivity index (χ1n) is 39.7. The van der Waals surface area contributed by atoms with Crippen LogP contribution in [0.25, 0.3) is 5.69 Å². The number of para-hydroxylation sites is 2. The number of aromatic nitrogens is 1. The van der Waals surface area contributed by atoms with E-state index in [2.05, 4.69) is 411 Å². The molecule has 0 saturated carbocycles. The van der Waals surface area contributed by atoms with E-state index in [1.165, 1.54) is 67.6 Å². The molecule has 10 rings (SSSR count). The van der Waals surface area contributed by atoms with Crippen LogP contribution in [-0.2, 0) is 34.3 Å². The van der Waals surface area contributed by atoms with Crippen LogP contribution in [0.1, 0.15) is 248 Å². The third-order valence-electron chi connectivity index (χ3n) is 16.3. The van der Waals surface area contributed by atoms with Gasteiger partial charge in [-0.25, -0.2) is 4.99 Å². The van der Waals surface area contributed by atoms with Crippen molar-refractivity contribution in [2.75, 3.05) is 46.0 Å². The van der Waals surface area contributed by atoms with Gasteiger partial charge in [-0.3, -0.25) is 0 Å². The van der Waals surface area contributed by atoms with E-state index in [4.69, 9.17) is 9.84 Å². The third kappa shape index (κ3) is 48.7. The number of hydrogen-bond donors (Lipinski definition) is 2. The Balaban J connectivity index is -0.00000117. The van der Waals surface area contributed by atoms with E-state index >= 15 is 0 Å². The first kappa shape index (κ1) is 107. The number of nitrogens with zero attached hydrogens (tertiary/aromatic N) is 3. The second-order valence-electron chi connectivity index (χ2n) is 30.9. The molecule has 6 nitrogen and oxygen atoms in total. The average molecular weight is 1570 g/mol. The maximum absolute atomic E-state index is 7.88. The van der Waals surface area contributed by atoms with Gasteiger partial charge in [0.2, 0.25) is 5.90 Å². The molecule has 110 heavy (non-hydrogen) atoms. The minimum absolute atomic E-state index is 0. The molecule has 0 atom stereocenters. The molecule has 1 radical (unpaired) electrons. The van der Waals surface area contributed by atoms with E-state index < -0.39 is 15.2 Å². The molecule has 609 valence electrons. The van der Waals surface area contributed by atoms with E-state index in [-0.39, 0.29) is 22.0 Å². The van der Waals surface area contributed by atoms with Gasteiger partial charge in [0.15, 0.2) is 0 Å². The van der Waals surface area contributed by atoms with Gasteiger partial charge >= 0.3 is 16.5 Å². The summed E-state index contributed by atoms with van der Waals surface area (Å²) in [6.45, 7) is 72.3. The van der Waals surface area contributed by atoms with E-state index in [0.717, 1.165) is 49.4 Å². The van der Waals surface area contributed by atoms with Crippen molar-refractivity contribution in [2.24, 2.45) is 4.99 Å². The number of nitrogens with one attached hydrogen (secondary N) is 1. The Morgan fingerprint density at radius 3 is 1.31 bits per heavy atom. The zero-order valence-electron chi connectivity index (χ0n) is 73.4. The van der Waals surface area contributed by atoms with Gasteiger partial charge in [0.25, 0.3) is 0 Å². The fraction of sp³-hybridized carbons (Fsp3) is 0.420. The summed E-state index contributed by atoms with van der Waals surface area (Å²) in [6.07, 6.45) is 6.74. The number of aryl methyl sites for hydroxylation is 1. The van der Waals surface area contributed by atoms with Gasteiger partial charge in [-0.15, -0.1) is 31.4 Å². The zero-order chi connectivity index (χ0) is 83.1. The summed E-state index contributed by atoms with van der Waals surface area (Å²) in [6, 6.07) is 79.9. The number of allylic oxidation sites excluding steroid dienone is 1. The number of aliphatic imine (C=N–C) groups is 1. The van der Waals surface area contributed by atoms with E-state index in [9.17, 15) is 0 Å². The number of aliphatic hydroxyl groups excluding tert-OH is 1. The fourth-order valence-corrected chi connectivity index (χ4v) is 11.0. The standard InChI is InChI=1S/C16H19N.C14H19NO.C13H15N.C12H19N.C10H14.C10H13.C8H14BP.C5H14Si.C3H8O.2C3H7.C3H6.Ni/c1-13(2)16-11-7-6-8-14(16)12-17-15-9-4-3-5-10-15;1-10(2)11-7-5-6-8-12(11)13-15-14(3,4)9-16-13;1-11(2)13-9-6-10-14(13)12-7-4-3-5-8-12;1-10(2)12-8-6-5-7-11(12)9-13(3)4;2*1-8(2)10-7-5-4-6-9(10)3;1-10(2,9)8-6-4-3-5-7-8;1-5-6(2,3)4;1-2-3-4;3*1-3-2;/h3-11,13,17H,12H2,1-2H3;5-8,10H,9H2,1-4H3;3-11H,1-2H3;5-8,10H,9H2,1-4H3;4-8H,1-3H3;4-8H,3H2,1-2H3;3-7H,1-2,9H3;5H2,1-4H3;4H,2-3H2,1H3;2*1,3H2,2H3;3H,1H2,2H3;/q;;;;;-1;;;;2*-1;;+3. The molecule has 0 unspecified atom stereocenters. The van der Waals surface area contributed by atoms with Crippen molar-refractivity contribution in [1.29, 1.82) is 0 Å². The third-order valence-corrected chi connectivity index (χ3v) is 19.8. The van der Waals surface area contributed by atoms with Crippen LogP contribution in [0.4, 0.5) is 5.69 Å². The summed E-state index contributed by atoms with van der Waals surface area (Å²) < 4.78 is 7.94. The van der Waals surface area contributed by atoms with Crippen molar-refractivity contribution in [2.45, 2.75) is 238 Å². The van der Waals surface area contributed by atoms with Crippen LogP contribution in [0, 0.1) is 27.7 Å². The predicted molar refractivity (Wildman–Crippen MR) is 503 cm³/mol. The normalized spacial score (nSPS) is 11.3. The predicted octanol–water partition coefficient (Wildman–Crippen LogP) is 27.6. The SMILES string of the molecule is C=CC.CC(C)c1ccccc1C1=NC(C)(C)CO1.CC(C)c1ccccc1CN(C)C.CC(C)c1ccccc1CNc1ccccc1.CC(C)c1cccn1-c1ccccc1.CCCO.CC[Si](C)(C)C.Cc1ccccc1C(C)C.[BH3-][P+](C)(C)c1ccccc1.[CH2-]CC.[CH2-]CC.[CH2-]c1ccccc1C(C)C.[Ni+3]. The number of aliphatic hydroxyl groups is 1. The summed E-state index contributed by atoms with van der Waals surface area (Å²) in [7, 11) is 3.59. The Labute approximate surface area is 690 Å². The van der Waals surface area contributed by atoms with Gasteiger partial charge in [-0.1, -0.05) is 300 Å².